The number of fused-ring (bicyclic) bond motifs is 2. The third-order valence-corrected chi connectivity index (χ3v) is 6.03. The van der Waals surface area contributed by atoms with Crippen molar-refractivity contribution in [3.05, 3.63) is 34.9 Å². The van der Waals surface area contributed by atoms with E-state index in [1.807, 2.05) is 0 Å². The fourth-order valence-corrected chi connectivity index (χ4v) is 5.41. The van der Waals surface area contributed by atoms with Gasteiger partial charge in [-0.15, -0.1) is 0 Å². The molecule has 0 radical (unpaired) electrons. The SMILES string of the molecule is Cc1cc(C)cc(CC(=O)C2CC3CCC(C2)S3)c1. The van der Waals surface area contributed by atoms with Crippen molar-refractivity contribution in [1.82, 2.24) is 0 Å². The van der Waals surface area contributed by atoms with Crippen molar-refractivity contribution in [2.45, 2.75) is 56.5 Å². The van der Waals surface area contributed by atoms with Crippen LogP contribution in [0.25, 0.3) is 0 Å². The third kappa shape index (κ3) is 3.05. The smallest absolute Gasteiger partial charge is 0.140 e. The molecular weight excluding hydrogens is 252 g/mol. The molecular formula is C17H22OS. The summed E-state index contributed by atoms with van der Waals surface area (Å²) in [6, 6.07) is 6.50. The van der Waals surface area contributed by atoms with E-state index in [2.05, 4.69) is 43.8 Å². The van der Waals surface area contributed by atoms with Crippen LogP contribution in [0.15, 0.2) is 18.2 Å². The largest absolute Gasteiger partial charge is 0.299 e. The van der Waals surface area contributed by atoms with Gasteiger partial charge in [-0.25, -0.2) is 0 Å². The molecule has 2 unspecified atom stereocenters. The molecule has 0 aromatic heterocycles. The Kier molecular flexibility index (Phi) is 3.70. The molecule has 102 valence electrons. The Morgan fingerprint density at radius 3 is 2.26 bits per heavy atom. The topological polar surface area (TPSA) is 17.1 Å². The van der Waals surface area contributed by atoms with Gasteiger partial charge in [0, 0.05) is 22.8 Å². The minimum Gasteiger partial charge on any atom is -0.299 e. The summed E-state index contributed by atoms with van der Waals surface area (Å²) in [6.07, 6.45) is 5.57. The molecule has 0 saturated carbocycles. The summed E-state index contributed by atoms with van der Waals surface area (Å²) in [7, 11) is 0. The van der Waals surface area contributed by atoms with Crippen molar-refractivity contribution < 1.29 is 4.79 Å². The van der Waals surface area contributed by atoms with Crippen LogP contribution in [0, 0.1) is 19.8 Å². The zero-order valence-corrected chi connectivity index (χ0v) is 12.6. The number of carbonyl (C=O) groups excluding carboxylic acids is 1. The van der Waals surface area contributed by atoms with Gasteiger partial charge in [0.15, 0.2) is 0 Å². The maximum absolute atomic E-state index is 12.5. The van der Waals surface area contributed by atoms with E-state index in [1.54, 1.807) is 0 Å². The highest BCUT2D eigenvalue weighted by Gasteiger charge is 2.37. The molecule has 2 aliphatic heterocycles. The van der Waals surface area contributed by atoms with Gasteiger partial charge in [0.2, 0.25) is 0 Å². The predicted molar refractivity (Wildman–Crippen MR) is 81.8 cm³/mol. The maximum atomic E-state index is 12.5. The van der Waals surface area contributed by atoms with Gasteiger partial charge in [-0.2, -0.15) is 11.8 Å². The molecule has 2 heteroatoms. The Labute approximate surface area is 120 Å². The van der Waals surface area contributed by atoms with E-state index in [1.165, 1.54) is 29.5 Å². The van der Waals surface area contributed by atoms with Crippen molar-refractivity contribution >= 4 is 17.5 Å². The molecule has 0 N–H and O–H groups in total. The molecule has 2 saturated heterocycles. The lowest BCUT2D eigenvalue weighted by atomic mass is 9.90. The molecule has 3 rings (SSSR count). The van der Waals surface area contributed by atoms with Gasteiger partial charge in [0.05, 0.1) is 0 Å². The van der Waals surface area contributed by atoms with Crippen LogP contribution in [0.1, 0.15) is 42.4 Å². The van der Waals surface area contributed by atoms with Crippen LogP contribution in [0.5, 0.6) is 0 Å². The summed E-state index contributed by atoms with van der Waals surface area (Å²) in [5.74, 6) is 0.807. The zero-order chi connectivity index (χ0) is 13.4. The average Bonchev–Trinajstić information content (AvgIpc) is 2.66. The molecule has 2 bridgehead atoms. The number of benzene rings is 1. The first-order valence-electron chi connectivity index (χ1n) is 7.35. The van der Waals surface area contributed by atoms with Crippen molar-refractivity contribution in [1.29, 1.82) is 0 Å². The van der Waals surface area contributed by atoms with E-state index < -0.39 is 0 Å². The molecule has 0 spiro atoms. The van der Waals surface area contributed by atoms with Crippen LogP contribution < -0.4 is 0 Å². The summed E-state index contributed by atoms with van der Waals surface area (Å²) < 4.78 is 0. The van der Waals surface area contributed by atoms with Crippen molar-refractivity contribution in [3.8, 4) is 0 Å². The molecule has 0 amide bonds. The monoisotopic (exact) mass is 274 g/mol. The van der Waals surface area contributed by atoms with Gasteiger partial charge >= 0.3 is 0 Å². The second kappa shape index (κ2) is 5.32. The van der Waals surface area contributed by atoms with Gasteiger partial charge in [-0.3, -0.25) is 4.79 Å². The van der Waals surface area contributed by atoms with Crippen molar-refractivity contribution in [2.24, 2.45) is 5.92 Å². The molecule has 0 aliphatic carbocycles. The minimum absolute atomic E-state index is 0.333. The number of aryl methyl sites for hydroxylation is 2. The summed E-state index contributed by atoms with van der Waals surface area (Å²) in [6.45, 7) is 4.22. The Bertz CT molecular complexity index is 462. The number of Topliss-reactive ketones (excluding diaryl/α,β-unsaturated/α-hetero) is 1. The van der Waals surface area contributed by atoms with Crippen LogP contribution in [0.4, 0.5) is 0 Å². The van der Waals surface area contributed by atoms with E-state index in [4.69, 9.17) is 0 Å². The van der Waals surface area contributed by atoms with Gasteiger partial charge in [-0.05, 0) is 45.1 Å². The number of ketones is 1. The normalized spacial score (nSPS) is 29.5. The highest BCUT2D eigenvalue weighted by molar-refractivity contribution is 8.00. The highest BCUT2D eigenvalue weighted by Crippen LogP contribution is 2.46. The van der Waals surface area contributed by atoms with Gasteiger partial charge in [0.25, 0.3) is 0 Å². The summed E-state index contributed by atoms with van der Waals surface area (Å²) >= 11 is 2.13. The summed E-state index contributed by atoms with van der Waals surface area (Å²) in [5.41, 5.74) is 3.73. The van der Waals surface area contributed by atoms with Crippen molar-refractivity contribution in [2.75, 3.05) is 0 Å². The van der Waals surface area contributed by atoms with Crippen LogP contribution in [-0.2, 0) is 11.2 Å². The lowest BCUT2D eigenvalue weighted by Gasteiger charge is -2.26. The van der Waals surface area contributed by atoms with Gasteiger partial charge in [0.1, 0.15) is 5.78 Å². The van der Waals surface area contributed by atoms with E-state index in [9.17, 15) is 4.79 Å². The quantitative estimate of drug-likeness (QED) is 0.826. The number of carbonyl (C=O) groups is 1. The Balaban J connectivity index is 1.67. The predicted octanol–water partition coefficient (Wildman–Crippen LogP) is 4.09. The zero-order valence-electron chi connectivity index (χ0n) is 11.8. The van der Waals surface area contributed by atoms with E-state index in [0.717, 1.165) is 23.3 Å². The highest BCUT2D eigenvalue weighted by atomic mass is 32.2. The molecule has 2 aliphatic rings. The molecule has 1 nitrogen and oxygen atoms in total. The number of hydrogen-bond donors (Lipinski definition) is 0. The van der Waals surface area contributed by atoms with Crippen LogP contribution >= 0.6 is 11.8 Å². The maximum Gasteiger partial charge on any atom is 0.140 e. The number of thioether (sulfide) groups is 1. The first kappa shape index (κ1) is 13.2. The van der Waals surface area contributed by atoms with E-state index >= 15 is 0 Å². The Morgan fingerprint density at radius 2 is 1.68 bits per heavy atom. The van der Waals surface area contributed by atoms with Crippen molar-refractivity contribution in [3.63, 3.8) is 0 Å². The Hall–Kier alpha value is -0.760. The lowest BCUT2D eigenvalue weighted by molar-refractivity contribution is -0.122. The first-order valence-corrected chi connectivity index (χ1v) is 8.30. The second-order valence-electron chi connectivity index (χ2n) is 6.26. The summed E-state index contributed by atoms with van der Waals surface area (Å²) in [4.78, 5) is 12.5. The van der Waals surface area contributed by atoms with Gasteiger partial charge in [-0.1, -0.05) is 29.3 Å². The molecule has 19 heavy (non-hydrogen) atoms. The van der Waals surface area contributed by atoms with E-state index in [-0.39, 0.29) is 0 Å². The minimum atomic E-state index is 0.333. The molecule has 2 atom stereocenters. The fourth-order valence-electron chi connectivity index (χ4n) is 3.64. The standard InChI is InChI=1S/C17H22OS/c1-11-5-12(2)7-13(6-11)8-17(18)14-9-15-3-4-16(10-14)19-15/h5-7,14-16H,3-4,8-10H2,1-2H3. The second-order valence-corrected chi connectivity index (χ2v) is 7.87. The van der Waals surface area contributed by atoms with Crippen LogP contribution in [-0.4, -0.2) is 16.3 Å². The third-order valence-electron chi connectivity index (χ3n) is 4.41. The molecule has 2 fully saturated rings. The van der Waals surface area contributed by atoms with Crippen LogP contribution in [0.2, 0.25) is 0 Å². The molecule has 1 aromatic carbocycles. The first-order chi connectivity index (χ1) is 9.10. The summed E-state index contributed by atoms with van der Waals surface area (Å²) in [5, 5.41) is 1.54. The molecule has 1 aromatic rings. The average molecular weight is 274 g/mol. The number of rotatable bonds is 3. The Morgan fingerprint density at radius 1 is 1.11 bits per heavy atom. The van der Waals surface area contributed by atoms with Gasteiger partial charge < -0.3 is 0 Å². The fraction of sp³-hybridized carbons (Fsp3) is 0.588. The molecule has 2 heterocycles. The lowest BCUT2D eigenvalue weighted by Crippen LogP contribution is -2.26. The van der Waals surface area contributed by atoms with Crippen LogP contribution in [0.3, 0.4) is 0 Å². The number of hydrogen-bond acceptors (Lipinski definition) is 2. The van der Waals surface area contributed by atoms with E-state index in [0.29, 0.717) is 18.1 Å².